The quantitative estimate of drug-likeness (QED) is 0.446. The van der Waals surface area contributed by atoms with Gasteiger partial charge in [0, 0.05) is 16.5 Å². The summed E-state index contributed by atoms with van der Waals surface area (Å²) in [6.45, 7) is 2.91. The van der Waals surface area contributed by atoms with Gasteiger partial charge in [0.05, 0.1) is 35.1 Å². The van der Waals surface area contributed by atoms with E-state index in [1.165, 1.54) is 6.92 Å². The van der Waals surface area contributed by atoms with Crippen molar-refractivity contribution in [3.8, 4) is 11.4 Å². The minimum Gasteiger partial charge on any atom is -0.457 e. The Bertz CT molecular complexity index is 1380. The molecule has 0 fully saturated rings. The first-order valence-electron chi connectivity index (χ1n) is 10.7. The van der Waals surface area contributed by atoms with Gasteiger partial charge in [0.2, 0.25) is 5.60 Å². The molecule has 4 heterocycles. The molecule has 0 radical (unpaired) electrons. The lowest BCUT2D eigenvalue weighted by atomic mass is 9.85. The summed E-state index contributed by atoms with van der Waals surface area (Å²) in [5.74, 6) is -2.01. The molecule has 0 saturated carbocycles. The van der Waals surface area contributed by atoms with Crippen molar-refractivity contribution in [2.24, 2.45) is 0 Å². The van der Waals surface area contributed by atoms with Crippen LogP contribution in [-0.4, -0.2) is 43.9 Å². The van der Waals surface area contributed by atoms with Crippen molar-refractivity contribution < 1.29 is 29.3 Å². The van der Waals surface area contributed by atoms with Crippen LogP contribution in [0.15, 0.2) is 41.2 Å². The Labute approximate surface area is 188 Å². The fraction of sp³-hybridized carbons (Fsp3) is 0.333. The third kappa shape index (κ3) is 3.07. The predicted octanol–water partition coefficient (Wildman–Crippen LogP) is 1.37. The Balaban J connectivity index is 1.70. The molecule has 0 aliphatic carbocycles. The summed E-state index contributed by atoms with van der Waals surface area (Å²) in [5.41, 5.74) is 0.901. The fourth-order valence-corrected chi connectivity index (χ4v) is 4.51. The van der Waals surface area contributed by atoms with Crippen molar-refractivity contribution in [3.63, 3.8) is 0 Å². The van der Waals surface area contributed by atoms with Gasteiger partial charge in [-0.2, -0.15) is 0 Å². The summed E-state index contributed by atoms with van der Waals surface area (Å²) in [6.07, 6.45) is -3.28. The highest BCUT2D eigenvalue weighted by Crippen LogP contribution is 2.41. The highest BCUT2D eigenvalue weighted by molar-refractivity contribution is 5.89. The number of aliphatic hydroxyl groups excluding tert-OH is 2. The minimum atomic E-state index is -1.92. The zero-order valence-electron chi connectivity index (χ0n) is 18.1. The molecule has 2 aliphatic heterocycles. The highest BCUT2D eigenvalue weighted by atomic mass is 16.6. The molecular weight excluding hydrogens is 428 g/mol. The lowest BCUT2D eigenvalue weighted by molar-refractivity contribution is -0.197. The maximum atomic E-state index is 13.4. The van der Waals surface area contributed by atoms with Crippen molar-refractivity contribution in [1.82, 2.24) is 9.55 Å². The van der Waals surface area contributed by atoms with Crippen LogP contribution in [0.4, 0.5) is 0 Å². The normalized spacial score (nSPS) is 20.4. The Morgan fingerprint density at radius 3 is 2.76 bits per heavy atom. The largest absolute Gasteiger partial charge is 0.457 e. The molecule has 170 valence electrons. The Kier molecular flexibility index (Phi) is 4.84. The van der Waals surface area contributed by atoms with Crippen molar-refractivity contribution in [3.05, 3.63) is 63.4 Å². The number of pyridine rings is 2. The topological polar surface area (TPSA) is 128 Å². The van der Waals surface area contributed by atoms with Crippen LogP contribution in [0.25, 0.3) is 22.3 Å². The zero-order chi connectivity index (χ0) is 23.5. The van der Waals surface area contributed by atoms with Crippen molar-refractivity contribution in [1.29, 1.82) is 0 Å². The van der Waals surface area contributed by atoms with Gasteiger partial charge in [-0.1, -0.05) is 25.1 Å². The molecule has 33 heavy (non-hydrogen) atoms. The van der Waals surface area contributed by atoms with Crippen molar-refractivity contribution in [2.75, 3.05) is 0 Å². The van der Waals surface area contributed by atoms with Crippen LogP contribution in [0.1, 0.15) is 37.0 Å². The number of hydrogen-bond donors (Lipinski definition) is 2. The van der Waals surface area contributed by atoms with Gasteiger partial charge in [0.1, 0.15) is 6.61 Å². The number of aromatic nitrogens is 2. The third-order valence-electron chi connectivity index (χ3n) is 6.36. The van der Waals surface area contributed by atoms with E-state index in [1.807, 2.05) is 30.3 Å². The molecule has 3 atom stereocenters. The number of benzene rings is 1. The molecule has 0 bridgehead atoms. The number of carbonyl (C=O) groups excluding carboxylic acids is 2. The summed E-state index contributed by atoms with van der Waals surface area (Å²) in [5, 5.41) is 20.5. The van der Waals surface area contributed by atoms with Gasteiger partial charge >= 0.3 is 11.9 Å². The number of esters is 2. The first-order chi connectivity index (χ1) is 15.8. The first kappa shape index (κ1) is 21.3. The maximum Gasteiger partial charge on any atom is 0.355 e. The van der Waals surface area contributed by atoms with Gasteiger partial charge in [-0.15, -0.1) is 0 Å². The van der Waals surface area contributed by atoms with Crippen LogP contribution < -0.4 is 5.56 Å². The molecule has 0 amide bonds. The first-order valence-corrected chi connectivity index (χ1v) is 10.7. The van der Waals surface area contributed by atoms with Crippen LogP contribution in [0.5, 0.6) is 0 Å². The molecule has 2 aliphatic rings. The zero-order valence-corrected chi connectivity index (χ0v) is 18.1. The molecule has 5 rings (SSSR count). The summed E-state index contributed by atoms with van der Waals surface area (Å²) in [6, 6.07) is 11.2. The number of para-hydroxylation sites is 1. The van der Waals surface area contributed by atoms with Crippen molar-refractivity contribution >= 4 is 22.8 Å². The summed E-state index contributed by atoms with van der Waals surface area (Å²) in [4.78, 5) is 43.6. The number of nitrogens with zero attached hydrogens (tertiary/aromatic N) is 2. The van der Waals surface area contributed by atoms with Gasteiger partial charge in [0.15, 0.2) is 6.10 Å². The van der Waals surface area contributed by atoms with Gasteiger partial charge in [-0.05, 0) is 31.5 Å². The third-order valence-corrected chi connectivity index (χ3v) is 6.36. The Morgan fingerprint density at radius 2 is 2.03 bits per heavy atom. The number of cyclic esters (lactones) is 1. The maximum absolute atomic E-state index is 13.4. The van der Waals surface area contributed by atoms with Gasteiger partial charge in [-0.25, -0.2) is 14.6 Å². The van der Waals surface area contributed by atoms with Crippen LogP contribution in [-0.2, 0) is 37.8 Å². The van der Waals surface area contributed by atoms with E-state index in [-0.39, 0.29) is 29.7 Å². The molecule has 9 heteroatoms. The van der Waals surface area contributed by atoms with Gasteiger partial charge in [0.25, 0.3) is 5.56 Å². The average Bonchev–Trinajstić information content (AvgIpc) is 3.16. The summed E-state index contributed by atoms with van der Waals surface area (Å²) >= 11 is 0. The molecule has 0 saturated heterocycles. The Morgan fingerprint density at radius 1 is 1.27 bits per heavy atom. The molecular formula is C24H22N2O7. The van der Waals surface area contributed by atoms with E-state index < -0.39 is 29.7 Å². The van der Waals surface area contributed by atoms with E-state index in [4.69, 9.17) is 14.5 Å². The molecule has 0 spiro atoms. The predicted molar refractivity (Wildman–Crippen MR) is 116 cm³/mol. The lowest BCUT2D eigenvalue weighted by Crippen LogP contribution is -2.49. The smallest absolute Gasteiger partial charge is 0.355 e. The SMILES string of the molecule is CC[C@@]1(OC(=O)[C@@H](O)[C@@H](C)O)C(=O)OCc2c1cc1n(c2=O)Cc2cc3ccccc3nc2-1. The van der Waals surface area contributed by atoms with E-state index in [9.17, 15) is 24.6 Å². The lowest BCUT2D eigenvalue weighted by Gasteiger charge is -2.36. The van der Waals surface area contributed by atoms with Crippen LogP contribution >= 0.6 is 0 Å². The number of ether oxygens (including phenoxy) is 2. The average molecular weight is 450 g/mol. The van der Waals surface area contributed by atoms with Crippen LogP contribution in [0.2, 0.25) is 0 Å². The second kappa shape index (κ2) is 7.50. The second-order valence-electron chi connectivity index (χ2n) is 8.37. The molecule has 0 unspecified atom stereocenters. The number of fused-ring (bicyclic) bond motifs is 5. The number of aliphatic hydroxyl groups is 2. The van der Waals surface area contributed by atoms with Gasteiger partial charge < -0.3 is 24.3 Å². The molecule has 2 aromatic heterocycles. The molecule has 3 aromatic rings. The standard InChI is InChI=1S/C24H22N2O7/c1-3-24(33-22(30)20(28)12(2)27)16-9-18-19-14(8-13-6-4-5-7-17(13)25-19)10-26(18)21(29)15(16)11-32-23(24)31/h4-9,12,20,27-28H,3,10-11H2,1-2H3/t12-,20+,24+/m1/s1. The van der Waals surface area contributed by atoms with E-state index in [2.05, 4.69) is 0 Å². The Hall–Kier alpha value is -3.56. The number of carbonyl (C=O) groups is 2. The number of rotatable bonds is 4. The van der Waals surface area contributed by atoms with Gasteiger partial charge in [-0.3, -0.25) is 4.79 Å². The fourth-order valence-electron chi connectivity index (χ4n) is 4.51. The second-order valence-corrected chi connectivity index (χ2v) is 8.37. The number of hydrogen-bond acceptors (Lipinski definition) is 8. The van der Waals surface area contributed by atoms with Crippen molar-refractivity contribution in [2.45, 2.75) is 51.2 Å². The highest BCUT2D eigenvalue weighted by Gasteiger charge is 2.51. The van der Waals surface area contributed by atoms with E-state index in [0.717, 1.165) is 16.5 Å². The van der Waals surface area contributed by atoms with Crippen LogP contribution in [0, 0.1) is 0 Å². The molecule has 9 nitrogen and oxygen atoms in total. The van der Waals surface area contributed by atoms with E-state index >= 15 is 0 Å². The van der Waals surface area contributed by atoms with E-state index in [0.29, 0.717) is 17.9 Å². The summed E-state index contributed by atoms with van der Waals surface area (Å²) < 4.78 is 12.3. The summed E-state index contributed by atoms with van der Waals surface area (Å²) in [7, 11) is 0. The molecule has 2 N–H and O–H groups in total. The minimum absolute atomic E-state index is 0.0298. The van der Waals surface area contributed by atoms with Crippen LogP contribution in [0.3, 0.4) is 0 Å². The van der Waals surface area contributed by atoms with E-state index in [1.54, 1.807) is 17.6 Å². The monoisotopic (exact) mass is 450 g/mol. The molecule has 1 aromatic carbocycles.